The van der Waals surface area contributed by atoms with Gasteiger partial charge in [-0.05, 0) is 24.6 Å². The highest BCUT2D eigenvalue weighted by atomic mass is 19.1. The second-order valence-corrected chi connectivity index (χ2v) is 6.46. The van der Waals surface area contributed by atoms with Gasteiger partial charge in [-0.1, -0.05) is 6.07 Å². The van der Waals surface area contributed by atoms with Crippen molar-refractivity contribution >= 4 is 29.0 Å². The maximum atomic E-state index is 14.2. The number of benzene rings is 2. The fourth-order valence-electron chi connectivity index (χ4n) is 3.07. The van der Waals surface area contributed by atoms with Gasteiger partial charge in [-0.25, -0.2) is 9.37 Å². The van der Waals surface area contributed by atoms with Crippen molar-refractivity contribution in [2.75, 3.05) is 17.7 Å². The summed E-state index contributed by atoms with van der Waals surface area (Å²) < 4.78 is 19.6. The van der Waals surface area contributed by atoms with Crippen LogP contribution in [0.25, 0.3) is 0 Å². The summed E-state index contributed by atoms with van der Waals surface area (Å²) >= 11 is 0. The van der Waals surface area contributed by atoms with Crippen LogP contribution in [0.15, 0.2) is 36.5 Å². The molecule has 8 nitrogen and oxygen atoms in total. The summed E-state index contributed by atoms with van der Waals surface area (Å²) in [6, 6.07) is 8.01. The molecule has 2 aromatic carbocycles. The molecule has 9 heteroatoms. The lowest BCUT2D eigenvalue weighted by Crippen LogP contribution is -2.25. The minimum atomic E-state index is -0.651. The molecule has 0 saturated heterocycles. The number of carbonyl (C=O) groups is 1. The molecule has 4 rings (SSSR count). The third-order valence-corrected chi connectivity index (χ3v) is 4.58. The topological polar surface area (TPSA) is 108 Å². The summed E-state index contributed by atoms with van der Waals surface area (Å²) in [5.41, 5.74) is 3.15. The molecule has 0 unspecified atom stereocenters. The molecule has 0 saturated carbocycles. The Bertz CT molecular complexity index is 1120. The predicted molar refractivity (Wildman–Crippen MR) is 106 cm³/mol. The fraction of sp³-hybridized carbons (Fsp3) is 0.150. The van der Waals surface area contributed by atoms with Crippen LogP contribution in [0, 0.1) is 12.7 Å². The van der Waals surface area contributed by atoms with E-state index in [2.05, 4.69) is 25.9 Å². The van der Waals surface area contributed by atoms with Crippen LogP contribution in [0.5, 0.6) is 11.5 Å². The molecule has 29 heavy (non-hydrogen) atoms. The van der Waals surface area contributed by atoms with Gasteiger partial charge in [0.15, 0.2) is 11.6 Å². The van der Waals surface area contributed by atoms with Crippen molar-refractivity contribution < 1.29 is 19.0 Å². The largest absolute Gasteiger partial charge is 0.508 e. The minimum Gasteiger partial charge on any atom is -0.508 e. The van der Waals surface area contributed by atoms with Crippen LogP contribution in [0.1, 0.15) is 21.5 Å². The van der Waals surface area contributed by atoms with Crippen LogP contribution in [0.4, 0.5) is 27.5 Å². The first-order valence-electron chi connectivity index (χ1n) is 8.83. The highest BCUT2D eigenvalue weighted by molar-refractivity contribution is 6.00. The van der Waals surface area contributed by atoms with E-state index < -0.39 is 5.82 Å². The Morgan fingerprint density at radius 1 is 1.28 bits per heavy atom. The normalized spacial score (nSPS) is 11.7. The van der Waals surface area contributed by atoms with Gasteiger partial charge in [-0.3, -0.25) is 4.79 Å². The van der Waals surface area contributed by atoms with Gasteiger partial charge in [0.05, 0.1) is 11.8 Å². The lowest BCUT2D eigenvalue weighted by Gasteiger charge is -2.26. The number of phenolic OH excluding ortho intramolecular Hbond substituents is 1. The van der Waals surface area contributed by atoms with Gasteiger partial charge in [0.25, 0.3) is 5.91 Å². The molecule has 2 heterocycles. The lowest BCUT2D eigenvalue weighted by atomic mass is 9.96. The fourth-order valence-corrected chi connectivity index (χ4v) is 3.07. The number of ether oxygens (including phenoxy) is 1. The van der Waals surface area contributed by atoms with Crippen LogP contribution in [0.3, 0.4) is 0 Å². The quantitative estimate of drug-likeness (QED) is 0.524. The Labute approximate surface area is 165 Å². The molecule has 1 aromatic heterocycles. The van der Waals surface area contributed by atoms with Gasteiger partial charge in [-0.15, -0.1) is 0 Å². The van der Waals surface area contributed by atoms with Crippen molar-refractivity contribution in [1.82, 2.24) is 15.3 Å². The predicted octanol–water partition coefficient (Wildman–Crippen LogP) is 3.37. The first-order valence-corrected chi connectivity index (χ1v) is 8.83. The van der Waals surface area contributed by atoms with E-state index in [1.807, 2.05) is 0 Å². The van der Waals surface area contributed by atoms with Crippen LogP contribution in [-0.2, 0) is 6.61 Å². The third-order valence-electron chi connectivity index (χ3n) is 4.58. The standard InChI is InChI=1S/C20H18FN5O3/c1-10-15(7-16-13(9-29-16)17(10)19(28)22-2)25-20-23-8-14(21)18(26-20)24-11-4-3-5-12(27)6-11/h3-8,27H,9H2,1-2H3,(H,22,28)(H2,23,24,25,26). The molecule has 0 radical (unpaired) electrons. The van der Waals surface area contributed by atoms with Crippen LogP contribution in [-0.4, -0.2) is 28.0 Å². The number of anilines is 4. The summed E-state index contributed by atoms with van der Waals surface area (Å²) in [5.74, 6) is -0.130. The number of fused-ring (bicyclic) bond motifs is 1. The van der Waals surface area contributed by atoms with Crippen molar-refractivity contribution in [2.24, 2.45) is 0 Å². The summed E-state index contributed by atoms with van der Waals surface area (Å²) in [7, 11) is 1.57. The van der Waals surface area contributed by atoms with Crippen molar-refractivity contribution in [1.29, 1.82) is 0 Å². The molecule has 0 atom stereocenters. The zero-order valence-electron chi connectivity index (χ0n) is 15.7. The minimum absolute atomic E-state index is 0.0437. The highest BCUT2D eigenvalue weighted by Gasteiger charge is 2.27. The number of aromatic hydroxyl groups is 1. The smallest absolute Gasteiger partial charge is 0.251 e. The SMILES string of the molecule is CNC(=O)c1c(C)c(Nc2ncc(F)c(Nc3cccc(O)c3)n2)cc2c1CO2. The van der Waals surface area contributed by atoms with E-state index in [0.717, 1.165) is 11.8 Å². The molecular formula is C20H18FN5O3. The molecule has 0 fully saturated rings. The van der Waals surface area contributed by atoms with E-state index in [1.165, 1.54) is 12.1 Å². The number of hydrogen-bond acceptors (Lipinski definition) is 7. The first kappa shape index (κ1) is 18.5. The van der Waals surface area contributed by atoms with E-state index in [9.17, 15) is 14.3 Å². The average molecular weight is 395 g/mol. The van der Waals surface area contributed by atoms with Gasteiger partial charge in [-0.2, -0.15) is 4.98 Å². The van der Waals surface area contributed by atoms with E-state index in [4.69, 9.17) is 4.74 Å². The summed E-state index contributed by atoms with van der Waals surface area (Å²) in [6.45, 7) is 2.19. The zero-order valence-corrected chi connectivity index (χ0v) is 15.7. The van der Waals surface area contributed by atoms with E-state index in [-0.39, 0.29) is 23.4 Å². The molecule has 1 amide bonds. The lowest BCUT2D eigenvalue weighted by molar-refractivity contribution is 0.0956. The number of nitrogens with one attached hydrogen (secondary N) is 3. The second-order valence-electron chi connectivity index (χ2n) is 6.46. The van der Waals surface area contributed by atoms with Gasteiger partial charge < -0.3 is 25.8 Å². The van der Waals surface area contributed by atoms with Gasteiger partial charge in [0.1, 0.15) is 18.1 Å². The Morgan fingerprint density at radius 2 is 2.10 bits per heavy atom. The van der Waals surface area contributed by atoms with Gasteiger partial charge in [0.2, 0.25) is 5.95 Å². The number of nitrogens with zero attached hydrogens (tertiary/aromatic N) is 2. The van der Waals surface area contributed by atoms with E-state index in [0.29, 0.717) is 34.9 Å². The zero-order chi connectivity index (χ0) is 20.5. The van der Waals surface area contributed by atoms with Crippen molar-refractivity contribution in [3.05, 3.63) is 59.0 Å². The number of carbonyl (C=O) groups excluding carboxylic acids is 1. The van der Waals surface area contributed by atoms with Crippen LogP contribution < -0.4 is 20.7 Å². The molecule has 1 aliphatic rings. The summed E-state index contributed by atoms with van der Waals surface area (Å²) in [5, 5.41) is 18.0. The molecule has 1 aliphatic heterocycles. The van der Waals surface area contributed by atoms with E-state index in [1.54, 1.807) is 32.2 Å². The molecule has 0 spiro atoms. The molecule has 0 bridgehead atoms. The Balaban J connectivity index is 1.65. The molecular weight excluding hydrogens is 377 g/mol. The Hall–Kier alpha value is -3.88. The third kappa shape index (κ3) is 3.49. The van der Waals surface area contributed by atoms with Crippen LogP contribution >= 0.6 is 0 Å². The first-order chi connectivity index (χ1) is 14.0. The van der Waals surface area contributed by atoms with Crippen molar-refractivity contribution in [3.63, 3.8) is 0 Å². The number of phenols is 1. The maximum Gasteiger partial charge on any atom is 0.251 e. The second kappa shape index (κ2) is 7.27. The van der Waals surface area contributed by atoms with Gasteiger partial charge >= 0.3 is 0 Å². The Kier molecular flexibility index (Phi) is 4.63. The van der Waals surface area contributed by atoms with Gasteiger partial charge in [0, 0.05) is 36.1 Å². The average Bonchev–Trinajstić information content (AvgIpc) is 2.68. The highest BCUT2D eigenvalue weighted by Crippen LogP contribution is 2.39. The number of rotatable bonds is 5. The van der Waals surface area contributed by atoms with Crippen molar-refractivity contribution in [3.8, 4) is 11.5 Å². The Morgan fingerprint density at radius 3 is 2.79 bits per heavy atom. The number of hydrogen-bond donors (Lipinski definition) is 4. The molecule has 148 valence electrons. The van der Waals surface area contributed by atoms with E-state index >= 15 is 0 Å². The number of aromatic nitrogens is 2. The molecule has 0 aliphatic carbocycles. The summed E-state index contributed by atoms with van der Waals surface area (Å²) in [4.78, 5) is 20.4. The monoisotopic (exact) mass is 395 g/mol. The number of amides is 1. The molecule has 4 N–H and O–H groups in total. The number of halogens is 1. The molecule has 3 aromatic rings. The van der Waals surface area contributed by atoms with Crippen LogP contribution in [0.2, 0.25) is 0 Å². The maximum absolute atomic E-state index is 14.2. The van der Waals surface area contributed by atoms with Crippen molar-refractivity contribution in [2.45, 2.75) is 13.5 Å². The summed E-state index contributed by atoms with van der Waals surface area (Å²) in [6.07, 6.45) is 1.03.